The number of unbranched alkanes of at least 4 members (excludes halogenated alkanes) is 1. The summed E-state index contributed by atoms with van der Waals surface area (Å²) in [6.45, 7) is 23.1. The van der Waals surface area contributed by atoms with Gasteiger partial charge >= 0.3 is 5.97 Å². The lowest BCUT2D eigenvalue weighted by Crippen LogP contribution is -2.32. The Bertz CT molecular complexity index is 1530. The van der Waals surface area contributed by atoms with Crippen molar-refractivity contribution >= 4 is 46.9 Å². The van der Waals surface area contributed by atoms with Gasteiger partial charge in [-0.2, -0.15) is 5.26 Å². The second-order valence-electron chi connectivity index (χ2n) is 13.0. The van der Waals surface area contributed by atoms with Crippen LogP contribution in [0, 0.1) is 48.1 Å². The first-order valence-electron chi connectivity index (χ1n) is 18.2. The van der Waals surface area contributed by atoms with Crippen molar-refractivity contribution in [2.75, 3.05) is 41.2 Å². The standard InChI is InChI=1S/C38H50N6O2.C2H4O.C2H6.CH4/c1-8-10-11-29(9-2)25-46-38(45)31-13-15-33(16-14-31)41-22-30-12-17-35(32(19-30)21-39)42-43-36-18-28(7)37(20-34(36)40)44(23-26(3)4)24-27(5)6;1-2-3;1-2;/h13-16,18-20,22,26-27,29,42-43H,8-11,23-25,40H2,1-7H3;2H,1H3;1-2H3;1H4. The second-order valence-corrected chi connectivity index (χ2v) is 13.0. The van der Waals surface area contributed by atoms with E-state index in [4.69, 9.17) is 15.3 Å². The smallest absolute Gasteiger partial charge is 0.338 e. The number of esters is 1. The number of aryl methyl sites for hydroxylation is 1. The predicted molar refractivity (Wildman–Crippen MR) is 221 cm³/mol. The van der Waals surface area contributed by atoms with Crippen molar-refractivity contribution in [3.05, 3.63) is 76.9 Å². The molecule has 0 amide bonds. The van der Waals surface area contributed by atoms with E-state index in [1.165, 1.54) is 6.92 Å². The Morgan fingerprint density at radius 1 is 1.04 bits per heavy atom. The van der Waals surface area contributed by atoms with Crippen LogP contribution in [0.3, 0.4) is 0 Å². The Balaban J connectivity index is 0.00000411. The first kappa shape index (κ1) is 47.0. The average Bonchev–Trinajstić information content (AvgIpc) is 3.11. The number of carbonyl (C=O) groups excluding carboxylic acids is 2. The summed E-state index contributed by atoms with van der Waals surface area (Å²) in [5.41, 5.74) is 18.8. The lowest BCUT2D eigenvalue weighted by atomic mass is 10.0. The van der Waals surface area contributed by atoms with Crippen LogP contribution in [0.4, 0.5) is 28.4 Å². The molecular formula is C43H64N6O3. The zero-order valence-corrected chi connectivity index (χ0v) is 32.5. The van der Waals surface area contributed by atoms with Gasteiger partial charge in [0.1, 0.15) is 18.0 Å². The minimum absolute atomic E-state index is 0. The van der Waals surface area contributed by atoms with Gasteiger partial charge in [-0.3, -0.25) is 15.8 Å². The number of aliphatic imine (C=N–C) groups is 1. The van der Waals surface area contributed by atoms with Crippen LogP contribution in [-0.4, -0.2) is 38.2 Å². The van der Waals surface area contributed by atoms with Crippen molar-refractivity contribution in [1.82, 2.24) is 0 Å². The van der Waals surface area contributed by atoms with Gasteiger partial charge in [-0.15, -0.1) is 0 Å². The average molecular weight is 713 g/mol. The van der Waals surface area contributed by atoms with Crippen LogP contribution < -0.4 is 21.5 Å². The molecule has 0 saturated carbocycles. The maximum absolute atomic E-state index is 12.5. The first-order chi connectivity index (χ1) is 24.4. The predicted octanol–water partition coefficient (Wildman–Crippen LogP) is 10.6. The number of nitrogens with zero attached hydrogens (tertiary/aromatic N) is 3. The van der Waals surface area contributed by atoms with Gasteiger partial charge in [-0.05, 0) is 92.1 Å². The van der Waals surface area contributed by atoms with Gasteiger partial charge in [-0.25, -0.2) is 4.79 Å². The number of ether oxygens (including phenoxy) is 1. The van der Waals surface area contributed by atoms with Crippen LogP contribution in [-0.2, 0) is 9.53 Å². The summed E-state index contributed by atoms with van der Waals surface area (Å²) in [5.74, 6) is 1.12. The molecule has 0 aliphatic heterocycles. The second kappa shape index (κ2) is 25.9. The van der Waals surface area contributed by atoms with Crippen molar-refractivity contribution < 1.29 is 14.3 Å². The third kappa shape index (κ3) is 16.3. The van der Waals surface area contributed by atoms with Crippen molar-refractivity contribution in [1.29, 1.82) is 5.26 Å². The van der Waals surface area contributed by atoms with E-state index in [1.54, 1.807) is 36.5 Å². The maximum atomic E-state index is 12.5. The Morgan fingerprint density at radius 2 is 1.65 bits per heavy atom. The van der Waals surface area contributed by atoms with Gasteiger partial charge in [0.15, 0.2) is 0 Å². The zero-order valence-electron chi connectivity index (χ0n) is 32.5. The van der Waals surface area contributed by atoms with Crippen LogP contribution in [0.25, 0.3) is 0 Å². The fraction of sp³-hybridized carbons (Fsp3) is 0.488. The van der Waals surface area contributed by atoms with E-state index < -0.39 is 0 Å². The number of carbonyl (C=O) groups is 2. The molecule has 3 aromatic carbocycles. The molecule has 0 spiro atoms. The van der Waals surface area contributed by atoms with E-state index in [-0.39, 0.29) is 13.4 Å². The van der Waals surface area contributed by atoms with E-state index >= 15 is 0 Å². The lowest BCUT2D eigenvalue weighted by Gasteiger charge is -2.30. The lowest BCUT2D eigenvalue weighted by molar-refractivity contribution is -0.106. The fourth-order valence-corrected chi connectivity index (χ4v) is 5.17. The van der Waals surface area contributed by atoms with Crippen molar-refractivity contribution in [3.63, 3.8) is 0 Å². The fourth-order valence-electron chi connectivity index (χ4n) is 5.17. The summed E-state index contributed by atoms with van der Waals surface area (Å²) in [6.07, 6.45) is 6.71. The quantitative estimate of drug-likeness (QED) is 0.0414. The minimum atomic E-state index is -0.323. The number of rotatable bonds is 17. The highest BCUT2D eigenvalue weighted by atomic mass is 16.5. The topological polar surface area (TPSA) is 133 Å². The largest absolute Gasteiger partial charge is 0.462 e. The van der Waals surface area contributed by atoms with E-state index in [2.05, 4.69) is 87.4 Å². The van der Waals surface area contributed by atoms with Crippen molar-refractivity contribution in [2.24, 2.45) is 22.7 Å². The molecule has 0 heterocycles. The first-order valence-corrected chi connectivity index (χ1v) is 18.2. The van der Waals surface area contributed by atoms with E-state index in [0.29, 0.717) is 63.8 Å². The molecular weight excluding hydrogens is 649 g/mol. The molecule has 52 heavy (non-hydrogen) atoms. The molecule has 9 nitrogen and oxygen atoms in total. The van der Waals surface area contributed by atoms with Gasteiger partial charge < -0.3 is 20.2 Å². The Labute approximate surface area is 315 Å². The number of hydrazine groups is 1. The molecule has 1 unspecified atom stereocenters. The SMILES string of the molecule is C.CC.CC=O.CCCCC(CC)COC(=O)c1ccc(N=Cc2c#cc(NNc3cc(C)c(N(CC(C)C)CC(C)C)cc3N)c(C#N)c2)cc1. The number of nitrogens with two attached hydrogens (primary N) is 1. The van der Waals surface area contributed by atoms with Crippen molar-refractivity contribution in [2.45, 2.75) is 102 Å². The highest BCUT2D eigenvalue weighted by molar-refractivity contribution is 5.90. The molecule has 284 valence electrons. The Hall–Kier alpha value is -5.02. The molecule has 0 bridgehead atoms. The normalized spacial score (nSPS) is 10.8. The summed E-state index contributed by atoms with van der Waals surface area (Å²) in [5, 5.41) is 9.81. The van der Waals surface area contributed by atoms with E-state index in [1.807, 2.05) is 26.0 Å². The Kier molecular flexibility index (Phi) is 23.4. The highest BCUT2D eigenvalue weighted by Gasteiger charge is 2.16. The van der Waals surface area contributed by atoms with Gasteiger partial charge in [0.25, 0.3) is 0 Å². The van der Waals surface area contributed by atoms with Gasteiger partial charge in [0.2, 0.25) is 0 Å². The summed E-state index contributed by atoms with van der Waals surface area (Å²) in [4.78, 5) is 28.2. The number of nitrogens with one attached hydrogen (secondary N) is 2. The molecule has 0 aliphatic carbocycles. The molecule has 0 radical (unpaired) electrons. The number of hydrogen-bond donors (Lipinski definition) is 3. The summed E-state index contributed by atoms with van der Waals surface area (Å²) >= 11 is 0. The number of anilines is 4. The summed E-state index contributed by atoms with van der Waals surface area (Å²) in [6, 6.07) is 20.9. The molecule has 4 N–H and O–H groups in total. The molecule has 0 aromatic heterocycles. The number of nitriles is 1. The van der Waals surface area contributed by atoms with Gasteiger partial charge in [0.05, 0.1) is 34.8 Å². The third-order valence-corrected chi connectivity index (χ3v) is 7.67. The number of hydrogen-bond acceptors (Lipinski definition) is 9. The van der Waals surface area contributed by atoms with E-state index in [9.17, 15) is 10.1 Å². The zero-order chi connectivity index (χ0) is 38.3. The molecule has 0 saturated heterocycles. The molecule has 0 fully saturated rings. The van der Waals surface area contributed by atoms with Crippen LogP contribution >= 0.6 is 0 Å². The number of benzene rings is 2. The van der Waals surface area contributed by atoms with Crippen LogP contribution in [0.1, 0.15) is 122 Å². The molecule has 1 atom stereocenters. The molecule has 3 rings (SSSR count). The molecule has 9 heteroatoms. The van der Waals surface area contributed by atoms with Crippen LogP contribution in [0.2, 0.25) is 0 Å². The van der Waals surface area contributed by atoms with Crippen molar-refractivity contribution in [3.8, 4) is 6.07 Å². The summed E-state index contributed by atoms with van der Waals surface area (Å²) in [7, 11) is 0. The summed E-state index contributed by atoms with van der Waals surface area (Å²) < 4.78 is 5.55. The van der Waals surface area contributed by atoms with Gasteiger partial charge in [0, 0.05) is 30.6 Å². The maximum Gasteiger partial charge on any atom is 0.338 e. The third-order valence-electron chi connectivity index (χ3n) is 7.67. The van der Waals surface area contributed by atoms with Gasteiger partial charge in [-0.1, -0.05) is 88.1 Å². The number of aldehydes is 1. The molecule has 3 aromatic rings. The van der Waals surface area contributed by atoms with Crippen LogP contribution in [0.5, 0.6) is 0 Å². The highest BCUT2D eigenvalue weighted by Crippen LogP contribution is 2.31. The van der Waals surface area contributed by atoms with Crippen LogP contribution in [0.15, 0.2) is 47.5 Å². The number of nitrogen functional groups attached to an aromatic ring is 1. The Morgan fingerprint density at radius 3 is 2.19 bits per heavy atom. The van der Waals surface area contributed by atoms with E-state index in [0.717, 1.165) is 56.3 Å². The monoisotopic (exact) mass is 713 g/mol. The molecule has 0 aliphatic rings. The minimum Gasteiger partial charge on any atom is -0.462 e.